The minimum Gasteiger partial charge on any atom is -0.427 e. The molecule has 0 saturated heterocycles. The van der Waals surface area contributed by atoms with E-state index in [4.69, 9.17) is 14.2 Å². The van der Waals surface area contributed by atoms with Crippen molar-refractivity contribution in [2.45, 2.75) is 162 Å². The molecule has 0 atom stereocenters. The molecule has 0 aromatic heterocycles. The van der Waals surface area contributed by atoms with E-state index < -0.39 is 14.8 Å². The summed E-state index contributed by atoms with van der Waals surface area (Å²) in [6.45, 7) is 6.30. The summed E-state index contributed by atoms with van der Waals surface area (Å²) in [5, 5.41) is 31.4. The van der Waals surface area contributed by atoms with Crippen LogP contribution in [0.2, 0.25) is 0 Å². The molecule has 0 aliphatic carbocycles. The highest BCUT2D eigenvalue weighted by atomic mass is 16.6. The zero-order chi connectivity index (χ0) is 45.1. The first-order valence-electron chi connectivity index (χ1n) is 21.7. The molecule has 61 heavy (non-hydrogen) atoms. The number of carbonyl (C=O) groups is 3. The van der Waals surface area contributed by atoms with Crippen molar-refractivity contribution in [3.63, 3.8) is 0 Å². The molecule has 0 aliphatic heterocycles. The van der Waals surface area contributed by atoms with Crippen LogP contribution in [0.3, 0.4) is 0 Å². The van der Waals surface area contributed by atoms with E-state index in [0.29, 0.717) is 42.9 Å². The molecule has 3 aromatic rings. The molecule has 336 valence electrons. The Morgan fingerprint density at radius 3 is 0.820 bits per heavy atom. The molecule has 3 aromatic carbocycles. The van der Waals surface area contributed by atoms with Crippen LogP contribution in [0.4, 0.5) is 17.1 Å². The van der Waals surface area contributed by atoms with Gasteiger partial charge in [0.25, 0.3) is 17.1 Å². The molecule has 0 bridgehead atoms. The summed E-state index contributed by atoms with van der Waals surface area (Å²) in [6.07, 6.45) is 23.5. The quantitative estimate of drug-likeness (QED) is 0.0220. The van der Waals surface area contributed by atoms with Gasteiger partial charge in [0.1, 0.15) is 17.2 Å². The molecular weight excluding hydrogens is 787 g/mol. The zero-order valence-corrected chi connectivity index (χ0v) is 36.2. The Kier molecular flexibility index (Phi) is 29.7. The van der Waals surface area contributed by atoms with Crippen LogP contribution in [0.25, 0.3) is 0 Å². The molecule has 0 saturated carbocycles. The van der Waals surface area contributed by atoms with Crippen LogP contribution in [0.5, 0.6) is 17.2 Å². The fourth-order valence-corrected chi connectivity index (χ4v) is 5.82. The number of nitro benzene ring substituents is 3. The van der Waals surface area contributed by atoms with Crippen molar-refractivity contribution in [2.75, 3.05) is 0 Å². The maximum Gasteiger partial charge on any atom is 0.311 e. The minimum atomic E-state index is -0.502. The number of rotatable bonds is 28. The number of hydrogen-bond donors (Lipinski definition) is 0. The molecule has 0 amide bonds. The lowest BCUT2D eigenvalue weighted by atomic mass is 10.1. The van der Waals surface area contributed by atoms with Gasteiger partial charge in [-0.25, -0.2) is 0 Å². The number of carbonyl (C=O) groups excluding carboxylic acids is 3. The maximum absolute atomic E-state index is 11.7. The minimum absolute atomic E-state index is 0.00911. The van der Waals surface area contributed by atoms with Crippen LogP contribution < -0.4 is 14.2 Å². The van der Waals surface area contributed by atoms with Gasteiger partial charge in [0.2, 0.25) is 0 Å². The number of non-ortho nitro benzene ring substituents is 3. The number of esters is 3. The van der Waals surface area contributed by atoms with Gasteiger partial charge < -0.3 is 14.2 Å². The standard InChI is InChI=1S/C20H31NO4.C16H23NO4.C10H11NO4/c1-2-3-4-5-6-7-8-9-10-11-12-13-20(22)25-19-16-14-18(15-17-19)21(23)24;1-2-3-4-5-6-7-8-9-16(18)21-15-12-10-14(11-13-15)17(19)20;1-2-3-10(12)15-9-6-4-8(5-7-9)11(13)14/h14-17H,2-13H2,1H3;10-13H,2-9H2,1H3;4-7H,2-3H2,1H3. The highest BCUT2D eigenvalue weighted by molar-refractivity contribution is 5.73. The van der Waals surface area contributed by atoms with Gasteiger partial charge in [0, 0.05) is 55.7 Å². The van der Waals surface area contributed by atoms with Gasteiger partial charge in [-0.05, 0) is 55.7 Å². The molecule has 3 rings (SSSR count). The zero-order valence-electron chi connectivity index (χ0n) is 36.2. The monoisotopic (exact) mass is 851 g/mol. The Labute approximate surface area is 360 Å². The Hall–Kier alpha value is -5.73. The van der Waals surface area contributed by atoms with Gasteiger partial charge in [-0.2, -0.15) is 0 Å². The molecule has 0 N–H and O–H groups in total. The Morgan fingerprint density at radius 2 is 0.590 bits per heavy atom. The van der Waals surface area contributed by atoms with Crippen LogP contribution in [-0.2, 0) is 14.4 Å². The average Bonchev–Trinajstić information content (AvgIpc) is 3.23. The Balaban J connectivity index is 0.000000471. The Bertz CT molecular complexity index is 1700. The van der Waals surface area contributed by atoms with Gasteiger partial charge in [0.05, 0.1) is 14.8 Å². The molecule has 0 aliphatic rings. The van der Waals surface area contributed by atoms with E-state index in [1.807, 2.05) is 6.92 Å². The van der Waals surface area contributed by atoms with Crippen molar-refractivity contribution in [3.8, 4) is 17.2 Å². The van der Waals surface area contributed by atoms with Gasteiger partial charge in [-0.1, -0.05) is 124 Å². The summed E-state index contributed by atoms with van der Waals surface area (Å²) in [5.74, 6) is 0.166. The van der Waals surface area contributed by atoms with E-state index in [0.717, 1.165) is 32.1 Å². The molecule has 0 spiro atoms. The van der Waals surface area contributed by atoms with Crippen molar-refractivity contribution in [3.05, 3.63) is 103 Å². The largest absolute Gasteiger partial charge is 0.427 e. The lowest BCUT2D eigenvalue weighted by Crippen LogP contribution is -2.07. The second kappa shape index (κ2) is 34.0. The van der Waals surface area contributed by atoms with E-state index in [-0.39, 0.29) is 35.0 Å². The fourth-order valence-electron chi connectivity index (χ4n) is 5.82. The van der Waals surface area contributed by atoms with Crippen LogP contribution in [0.1, 0.15) is 162 Å². The number of nitro groups is 3. The molecule has 15 nitrogen and oxygen atoms in total. The highest BCUT2D eigenvalue weighted by Gasteiger charge is 2.10. The first-order chi connectivity index (χ1) is 29.4. The van der Waals surface area contributed by atoms with Gasteiger partial charge in [-0.3, -0.25) is 44.7 Å². The van der Waals surface area contributed by atoms with E-state index in [9.17, 15) is 44.7 Å². The molecular formula is C46H65N3O12. The third kappa shape index (κ3) is 27.6. The maximum atomic E-state index is 11.7. The van der Waals surface area contributed by atoms with Crippen LogP contribution in [0, 0.1) is 30.3 Å². The SMILES string of the molecule is CCCC(=O)Oc1ccc([N+](=O)[O-])cc1.CCCCCCCCCC(=O)Oc1ccc([N+](=O)[O-])cc1.CCCCCCCCCCCCCC(=O)Oc1ccc([N+](=O)[O-])cc1. The second-order valence-electron chi connectivity index (χ2n) is 14.6. The predicted octanol–water partition coefficient (Wildman–Crippen LogP) is 13.1. The van der Waals surface area contributed by atoms with Crippen LogP contribution in [0.15, 0.2) is 72.8 Å². The van der Waals surface area contributed by atoms with Crippen molar-refractivity contribution >= 4 is 35.0 Å². The van der Waals surface area contributed by atoms with Crippen molar-refractivity contribution in [1.29, 1.82) is 0 Å². The summed E-state index contributed by atoms with van der Waals surface area (Å²) < 4.78 is 15.2. The van der Waals surface area contributed by atoms with Crippen molar-refractivity contribution in [1.82, 2.24) is 0 Å². The number of unbranched alkanes of at least 4 members (excludes halogenated alkanes) is 16. The van der Waals surface area contributed by atoms with Crippen molar-refractivity contribution < 1.29 is 43.4 Å². The summed E-state index contributed by atoms with van der Waals surface area (Å²) in [7, 11) is 0. The summed E-state index contributed by atoms with van der Waals surface area (Å²) in [6, 6.07) is 16.6. The normalized spacial score (nSPS) is 10.3. The number of benzene rings is 3. The smallest absolute Gasteiger partial charge is 0.311 e. The average molecular weight is 852 g/mol. The number of hydrogen-bond acceptors (Lipinski definition) is 12. The molecule has 0 radical (unpaired) electrons. The molecule has 15 heteroatoms. The highest BCUT2D eigenvalue weighted by Crippen LogP contribution is 2.21. The molecule has 0 unspecified atom stereocenters. The Morgan fingerprint density at radius 1 is 0.361 bits per heavy atom. The first kappa shape index (κ1) is 53.3. The van der Waals surface area contributed by atoms with E-state index in [1.54, 1.807) is 0 Å². The third-order valence-corrected chi connectivity index (χ3v) is 9.26. The lowest BCUT2D eigenvalue weighted by Gasteiger charge is -2.04. The number of nitrogens with zero attached hydrogens (tertiary/aromatic N) is 3. The van der Waals surface area contributed by atoms with E-state index in [1.165, 1.54) is 156 Å². The lowest BCUT2D eigenvalue weighted by molar-refractivity contribution is -0.385. The van der Waals surface area contributed by atoms with Gasteiger partial charge >= 0.3 is 17.9 Å². The van der Waals surface area contributed by atoms with Crippen LogP contribution >= 0.6 is 0 Å². The summed E-state index contributed by atoms with van der Waals surface area (Å²) in [4.78, 5) is 64.4. The second-order valence-corrected chi connectivity index (χ2v) is 14.6. The fraction of sp³-hybridized carbons (Fsp3) is 0.543. The van der Waals surface area contributed by atoms with E-state index >= 15 is 0 Å². The van der Waals surface area contributed by atoms with E-state index in [2.05, 4.69) is 13.8 Å². The van der Waals surface area contributed by atoms with Gasteiger partial charge in [0.15, 0.2) is 0 Å². The van der Waals surface area contributed by atoms with Gasteiger partial charge in [-0.15, -0.1) is 0 Å². The predicted molar refractivity (Wildman–Crippen MR) is 235 cm³/mol. The van der Waals surface area contributed by atoms with Crippen LogP contribution in [-0.4, -0.2) is 32.7 Å². The summed E-state index contributed by atoms with van der Waals surface area (Å²) in [5.41, 5.74) is -0.0441. The summed E-state index contributed by atoms with van der Waals surface area (Å²) >= 11 is 0. The topological polar surface area (TPSA) is 208 Å². The third-order valence-electron chi connectivity index (χ3n) is 9.26. The number of ether oxygens (including phenoxy) is 3. The molecule has 0 heterocycles. The first-order valence-corrected chi connectivity index (χ1v) is 21.7. The molecule has 0 fully saturated rings. The van der Waals surface area contributed by atoms with Crippen molar-refractivity contribution in [2.24, 2.45) is 0 Å².